The lowest BCUT2D eigenvalue weighted by atomic mass is 9.93. The van der Waals surface area contributed by atoms with Crippen LogP contribution in [0.25, 0.3) is 0 Å². The number of nitrogens with one attached hydrogen (secondary N) is 1. The predicted molar refractivity (Wildman–Crippen MR) is 52.2 cm³/mol. The Morgan fingerprint density at radius 1 is 1.40 bits per heavy atom. The van der Waals surface area contributed by atoms with Gasteiger partial charge in [-0.3, -0.25) is 4.79 Å². The van der Waals surface area contributed by atoms with E-state index in [2.05, 4.69) is 5.32 Å². The van der Waals surface area contributed by atoms with Gasteiger partial charge in [-0.15, -0.1) is 0 Å². The van der Waals surface area contributed by atoms with E-state index < -0.39 is 24.1 Å². The molecule has 6 heteroatoms. The fourth-order valence-electron chi connectivity index (χ4n) is 0.771. The molecule has 15 heavy (non-hydrogen) atoms. The van der Waals surface area contributed by atoms with Crippen LogP contribution >= 0.6 is 0 Å². The van der Waals surface area contributed by atoms with Crippen molar-refractivity contribution in [3.63, 3.8) is 0 Å². The van der Waals surface area contributed by atoms with E-state index in [-0.39, 0.29) is 13.2 Å². The summed E-state index contributed by atoms with van der Waals surface area (Å²) in [5.41, 5.74) is -1.21. The van der Waals surface area contributed by atoms with Crippen LogP contribution in [0.2, 0.25) is 0 Å². The van der Waals surface area contributed by atoms with E-state index >= 15 is 0 Å². The third-order valence-electron chi connectivity index (χ3n) is 1.84. The molecule has 0 spiro atoms. The summed E-state index contributed by atoms with van der Waals surface area (Å²) >= 11 is 0. The fourth-order valence-corrected chi connectivity index (χ4v) is 0.771. The van der Waals surface area contributed by atoms with E-state index in [1.165, 1.54) is 14.0 Å². The standard InChI is InChI=1S/C9H17NO5/c1-4-14-7(12)9(2,5-11)6-15-8(13)10-3/h11H,4-6H2,1-3H3,(H,10,13). The Labute approximate surface area is 88.6 Å². The number of ether oxygens (including phenoxy) is 2. The molecular formula is C9H17NO5. The first-order valence-electron chi connectivity index (χ1n) is 4.62. The average molecular weight is 219 g/mol. The van der Waals surface area contributed by atoms with Crippen molar-refractivity contribution in [3.05, 3.63) is 0 Å². The Bertz CT molecular complexity index is 231. The third kappa shape index (κ3) is 4.16. The maximum Gasteiger partial charge on any atom is 0.406 e. The molecule has 1 atom stereocenters. The minimum atomic E-state index is -1.21. The molecule has 0 aliphatic heterocycles. The molecule has 0 heterocycles. The van der Waals surface area contributed by atoms with E-state index in [0.717, 1.165) is 0 Å². The van der Waals surface area contributed by atoms with Crippen LogP contribution in [0.3, 0.4) is 0 Å². The zero-order valence-electron chi connectivity index (χ0n) is 9.20. The minimum absolute atomic E-state index is 0.217. The highest BCUT2D eigenvalue weighted by molar-refractivity contribution is 5.77. The van der Waals surface area contributed by atoms with Crippen molar-refractivity contribution in [3.8, 4) is 0 Å². The number of esters is 1. The summed E-state index contributed by atoms with van der Waals surface area (Å²) in [6.45, 7) is 2.68. The summed E-state index contributed by atoms with van der Waals surface area (Å²) in [4.78, 5) is 22.2. The van der Waals surface area contributed by atoms with Crippen molar-refractivity contribution in [2.75, 3.05) is 26.9 Å². The van der Waals surface area contributed by atoms with Crippen molar-refractivity contribution >= 4 is 12.1 Å². The molecular weight excluding hydrogens is 202 g/mol. The summed E-state index contributed by atoms with van der Waals surface area (Å²) in [7, 11) is 1.41. The van der Waals surface area contributed by atoms with Gasteiger partial charge in [0.05, 0.1) is 13.2 Å². The van der Waals surface area contributed by atoms with Gasteiger partial charge in [-0.05, 0) is 13.8 Å². The van der Waals surface area contributed by atoms with E-state index in [4.69, 9.17) is 14.6 Å². The van der Waals surface area contributed by atoms with Gasteiger partial charge < -0.3 is 19.9 Å². The molecule has 0 saturated carbocycles. The first-order chi connectivity index (χ1) is 7.00. The highest BCUT2D eigenvalue weighted by Gasteiger charge is 2.35. The predicted octanol–water partition coefficient (Wildman–Crippen LogP) is -0.0959. The first kappa shape index (κ1) is 13.7. The van der Waals surface area contributed by atoms with Gasteiger partial charge in [0.15, 0.2) is 0 Å². The summed E-state index contributed by atoms with van der Waals surface area (Å²) in [5.74, 6) is -0.587. The van der Waals surface area contributed by atoms with Crippen molar-refractivity contribution in [1.82, 2.24) is 5.32 Å². The van der Waals surface area contributed by atoms with Crippen LogP contribution in [0.1, 0.15) is 13.8 Å². The van der Waals surface area contributed by atoms with Gasteiger partial charge in [-0.2, -0.15) is 0 Å². The van der Waals surface area contributed by atoms with Crippen molar-refractivity contribution in [1.29, 1.82) is 0 Å². The Kier molecular flexibility index (Phi) is 5.69. The average Bonchev–Trinajstić information content (AvgIpc) is 2.25. The third-order valence-corrected chi connectivity index (χ3v) is 1.84. The number of hydrogen-bond donors (Lipinski definition) is 2. The van der Waals surface area contributed by atoms with Crippen LogP contribution < -0.4 is 5.32 Å². The van der Waals surface area contributed by atoms with Gasteiger partial charge in [-0.1, -0.05) is 0 Å². The number of aliphatic hydroxyl groups is 1. The Morgan fingerprint density at radius 3 is 2.40 bits per heavy atom. The van der Waals surface area contributed by atoms with E-state index in [0.29, 0.717) is 0 Å². The molecule has 0 rings (SSSR count). The van der Waals surface area contributed by atoms with Crippen LogP contribution in [0.4, 0.5) is 4.79 Å². The van der Waals surface area contributed by atoms with Crippen molar-refractivity contribution in [2.24, 2.45) is 5.41 Å². The quantitative estimate of drug-likeness (QED) is 0.631. The van der Waals surface area contributed by atoms with Crippen LogP contribution in [-0.4, -0.2) is 44.0 Å². The molecule has 0 saturated heterocycles. The van der Waals surface area contributed by atoms with Gasteiger partial charge in [0.2, 0.25) is 0 Å². The number of amides is 1. The molecule has 0 radical (unpaired) electrons. The molecule has 0 aromatic rings. The molecule has 1 unspecified atom stereocenters. The monoisotopic (exact) mass is 219 g/mol. The summed E-state index contributed by atoms with van der Waals surface area (Å²) in [6, 6.07) is 0. The smallest absolute Gasteiger partial charge is 0.406 e. The highest BCUT2D eigenvalue weighted by Crippen LogP contribution is 2.18. The summed E-state index contributed by atoms with van der Waals surface area (Å²) in [5, 5.41) is 11.3. The van der Waals surface area contributed by atoms with Crippen molar-refractivity contribution in [2.45, 2.75) is 13.8 Å². The number of carbonyl (C=O) groups excluding carboxylic acids is 2. The van der Waals surface area contributed by atoms with Gasteiger partial charge >= 0.3 is 12.1 Å². The Balaban J connectivity index is 4.30. The minimum Gasteiger partial charge on any atom is -0.465 e. The fraction of sp³-hybridized carbons (Fsp3) is 0.778. The molecule has 0 fully saturated rings. The van der Waals surface area contributed by atoms with Crippen LogP contribution in [-0.2, 0) is 14.3 Å². The van der Waals surface area contributed by atoms with E-state index in [1.807, 2.05) is 0 Å². The molecule has 0 aromatic carbocycles. The van der Waals surface area contributed by atoms with E-state index in [1.54, 1.807) is 6.92 Å². The Hall–Kier alpha value is -1.30. The zero-order chi connectivity index (χ0) is 11.9. The van der Waals surface area contributed by atoms with Gasteiger partial charge in [0, 0.05) is 7.05 Å². The molecule has 0 aromatic heterocycles. The summed E-state index contributed by atoms with van der Waals surface area (Å²) < 4.78 is 9.46. The number of carbonyl (C=O) groups is 2. The normalized spacial score (nSPS) is 13.9. The topological polar surface area (TPSA) is 84.9 Å². The van der Waals surface area contributed by atoms with Crippen LogP contribution in [0.15, 0.2) is 0 Å². The van der Waals surface area contributed by atoms with Crippen LogP contribution in [0.5, 0.6) is 0 Å². The zero-order valence-corrected chi connectivity index (χ0v) is 9.20. The van der Waals surface area contributed by atoms with Gasteiger partial charge in [0.25, 0.3) is 0 Å². The largest absolute Gasteiger partial charge is 0.465 e. The second-order valence-corrected chi connectivity index (χ2v) is 3.27. The lowest BCUT2D eigenvalue weighted by molar-refractivity contribution is -0.159. The maximum absolute atomic E-state index is 11.4. The number of rotatable bonds is 5. The number of hydrogen-bond acceptors (Lipinski definition) is 5. The molecule has 0 aliphatic rings. The lowest BCUT2D eigenvalue weighted by Gasteiger charge is -2.23. The number of aliphatic hydroxyl groups excluding tert-OH is 1. The molecule has 0 aliphatic carbocycles. The SMILES string of the molecule is CCOC(=O)C(C)(CO)COC(=O)NC. The molecule has 88 valence electrons. The van der Waals surface area contributed by atoms with Crippen LogP contribution in [0, 0.1) is 5.41 Å². The highest BCUT2D eigenvalue weighted by atomic mass is 16.6. The molecule has 1 amide bonds. The molecule has 0 bridgehead atoms. The first-order valence-corrected chi connectivity index (χ1v) is 4.62. The molecule has 6 nitrogen and oxygen atoms in total. The Morgan fingerprint density at radius 2 is 2.00 bits per heavy atom. The molecule has 2 N–H and O–H groups in total. The van der Waals surface area contributed by atoms with Gasteiger partial charge in [0.1, 0.15) is 12.0 Å². The van der Waals surface area contributed by atoms with Gasteiger partial charge in [-0.25, -0.2) is 4.79 Å². The second-order valence-electron chi connectivity index (χ2n) is 3.27. The maximum atomic E-state index is 11.4. The van der Waals surface area contributed by atoms with E-state index in [9.17, 15) is 9.59 Å². The summed E-state index contributed by atoms with van der Waals surface area (Å²) in [6.07, 6.45) is -0.654. The number of alkyl carbamates (subject to hydrolysis) is 1. The second kappa shape index (κ2) is 6.23. The van der Waals surface area contributed by atoms with Crippen molar-refractivity contribution < 1.29 is 24.2 Å². The lowest BCUT2D eigenvalue weighted by Crippen LogP contribution is -2.39.